The standard InChI is InChI=1S/C38H63NO14/c1-11-28(42)51-27-18-29(43)48-21(3)15-13-12-14-16-26(41)20(2)17-25(22(4)40)34(35(27)47-10)53-37-32(44)31(39(8)9)33(23(5)50-37)52-30-19-38(7,46)36(45)24(6)49-30/h12-14,16,20-21,23-27,30-37,41,44-46H,11,15,17-19H2,1-10H3/b13-12+,16-14+/t20-,21-,23-,24-,25-,26+,27-,30+,31-,32-,33-,34+,35+,36-,37+,38-/m1/s1. The molecular formula is C38H63NO14. The minimum Gasteiger partial charge on any atom is -0.462 e. The Labute approximate surface area is 313 Å². The maximum absolute atomic E-state index is 13.6. The van der Waals surface area contributed by atoms with E-state index in [0.717, 1.165) is 0 Å². The molecule has 0 saturated carbocycles. The topological polar surface area (TPSA) is 200 Å². The van der Waals surface area contributed by atoms with Gasteiger partial charge in [-0.2, -0.15) is 0 Å². The molecule has 2 saturated heterocycles. The van der Waals surface area contributed by atoms with Gasteiger partial charge in [-0.3, -0.25) is 14.4 Å². The molecule has 4 N–H and O–H groups in total. The number of nitrogens with zero attached hydrogens (tertiary/aromatic N) is 1. The van der Waals surface area contributed by atoms with Crippen molar-refractivity contribution >= 4 is 17.7 Å². The minimum atomic E-state index is -1.49. The van der Waals surface area contributed by atoms with E-state index in [-0.39, 0.29) is 25.0 Å². The molecule has 53 heavy (non-hydrogen) atoms. The van der Waals surface area contributed by atoms with Gasteiger partial charge in [-0.1, -0.05) is 38.2 Å². The summed E-state index contributed by atoms with van der Waals surface area (Å²) in [7, 11) is 4.82. The van der Waals surface area contributed by atoms with Gasteiger partial charge in [-0.15, -0.1) is 0 Å². The summed E-state index contributed by atoms with van der Waals surface area (Å²) in [5.41, 5.74) is -1.49. The van der Waals surface area contributed by atoms with E-state index in [1.807, 2.05) is 0 Å². The number of carbonyl (C=O) groups excluding carboxylic acids is 3. The number of likely N-dealkylation sites (N-methyl/N-ethyl adjacent to an activating group) is 1. The van der Waals surface area contributed by atoms with Crippen LogP contribution in [0.15, 0.2) is 24.3 Å². The van der Waals surface area contributed by atoms with Gasteiger partial charge >= 0.3 is 11.9 Å². The van der Waals surface area contributed by atoms with E-state index in [9.17, 15) is 34.8 Å². The summed E-state index contributed by atoms with van der Waals surface area (Å²) in [4.78, 5) is 41.3. The number of hydrogen-bond donors (Lipinski definition) is 4. The van der Waals surface area contributed by atoms with Gasteiger partial charge < -0.3 is 58.5 Å². The van der Waals surface area contributed by atoms with Gasteiger partial charge in [0.25, 0.3) is 0 Å². The third kappa shape index (κ3) is 12.1. The molecular weight excluding hydrogens is 694 g/mol. The van der Waals surface area contributed by atoms with Gasteiger partial charge in [0.1, 0.15) is 48.5 Å². The third-order valence-electron chi connectivity index (χ3n) is 10.4. The number of carbonyl (C=O) groups is 3. The van der Waals surface area contributed by atoms with Crippen LogP contribution in [0.5, 0.6) is 0 Å². The van der Waals surface area contributed by atoms with E-state index in [1.54, 1.807) is 77.9 Å². The zero-order valence-corrected chi connectivity index (χ0v) is 32.8. The van der Waals surface area contributed by atoms with Crippen LogP contribution in [0.3, 0.4) is 0 Å². The highest BCUT2D eigenvalue weighted by Gasteiger charge is 2.52. The highest BCUT2D eigenvalue weighted by Crippen LogP contribution is 2.36. The van der Waals surface area contributed by atoms with Crippen LogP contribution in [0, 0.1) is 11.8 Å². The fraction of sp³-hybridized carbons (Fsp3) is 0.816. The minimum absolute atomic E-state index is 0.00779. The Kier molecular flexibility index (Phi) is 17.0. The highest BCUT2D eigenvalue weighted by atomic mass is 16.7. The summed E-state index contributed by atoms with van der Waals surface area (Å²) in [6, 6.07) is -0.772. The lowest BCUT2D eigenvalue weighted by molar-refractivity contribution is -0.343. The summed E-state index contributed by atoms with van der Waals surface area (Å²) < 4.78 is 42.4. The van der Waals surface area contributed by atoms with Crippen molar-refractivity contribution in [2.45, 2.75) is 166 Å². The highest BCUT2D eigenvalue weighted by molar-refractivity contribution is 5.79. The SMILES string of the molecule is CCC(=O)O[C@@H]1CC(=O)O[C@H](C)C/C=C/C=C/[C@H](O)[C@H](C)C[C@H](C(C)=O)[C@H](O[C@@H]2O[C@H](C)[C@@H](O[C@H]3C[C@@](C)(O)[C@H](O)[C@@H](C)O3)[C@H](N(C)C)[C@H]2O)[C@H]1OC. The van der Waals surface area contributed by atoms with Gasteiger partial charge in [0.05, 0.1) is 36.4 Å². The maximum Gasteiger partial charge on any atom is 0.309 e. The van der Waals surface area contributed by atoms with Crippen molar-refractivity contribution in [1.82, 2.24) is 4.90 Å². The second-order valence-electron chi connectivity index (χ2n) is 15.2. The summed E-state index contributed by atoms with van der Waals surface area (Å²) >= 11 is 0. The van der Waals surface area contributed by atoms with E-state index in [4.69, 9.17) is 33.2 Å². The van der Waals surface area contributed by atoms with Crippen LogP contribution >= 0.6 is 0 Å². The second-order valence-corrected chi connectivity index (χ2v) is 15.2. The molecule has 16 atom stereocenters. The molecule has 3 aliphatic heterocycles. The third-order valence-corrected chi connectivity index (χ3v) is 10.4. The van der Waals surface area contributed by atoms with Crippen LogP contribution < -0.4 is 0 Å². The van der Waals surface area contributed by atoms with Gasteiger partial charge in [0.15, 0.2) is 12.6 Å². The van der Waals surface area contributed by atoms with Crippen LogP contribution in [-0.2, 0) is 47.5 Å². The van der Waals surface area contributed by atoms with Crippen molar-refractivity contribution in [3.05, 3.63) is 24.3 Å². The van der Waals surface area contributed by atoms with Crippen LogP contribution in [-0.4, -0.2) is 150 Å². The van der Waals surface area contributed by atoms with Crippen molar-refractivity contribution in [3.8, 4) is 0 Å². The first-order valence-corrected chi connectivity index (χ1v) is 18.6. The van der Waals surface area contributed by atoms with Crippen molar-refractivity contribution < 1.29 is 68.0 Å². The smallest absolute Gasteiger partial charge is 0.309 e. The molecule has 3 rings (SSSR count). The van der Waals surface area contributed by atoms with E-state index in [0.29, 0.717) is 6.42 Å². The van der Waals surface area contributed by atoms with E-state index < -0.39 is 115 Å². The number of ether oxygens (including phenoxy) is 7. The molecule has 0 bridgehead atoms. The van der Waals surface area contributed by atoms with Gasteiger partial charge in [-0.05, 0) is 61.1 Å². The zero-order valence-electron chi connectivity index (χ0n) is 32.8. The Bertz CT molecular complexity index is 1260. The van der Waals surface area contributed by atoms with Crippen LogP contribution in [0.1, 0.15) is 80.6 Å². The van der Waals surface area contributed by atoms with Gasteiger partial charge in [-0.25, -0.2) is 0 Å². The lowest BCUT2D eigenvalue weighted by Crippen LogP contribution is -2.66. The molecule has 0 aromatic rings. The largest absolute Gasteiger partial charge is 0.462 e. The summed E-state index contributed by atoms with van der Waals surface area (Å²) in [5, 5.41) is 44.2. The Morgan fingerprint density at radius 3 is 2.26 bits per heavy atom. The quantitative estimate of drug-likeness (QED) is 0.248. The van der Waals surface area contributed by atoms with Crippen LogP contribution in [0.4, 0.5) is 0 Å². The molecule has 0 aromatic carbocycles. The molecule has 15 heteroatoms. The van der Waals surface area contributed by atoms with Crippen molar-refractivity contribution in [3.63, 3.8) is 0 Å². The number of cyclic esters (lactones) is 1. The number of Topliss-reactive ketones (excluding diaryl/α,β-unsaturated/α-hetero) is 1. The van der Waals surface area contributed by atoms with Crippen molar-refractivity contribution in [2.24, 2.45) is 11.8 Å². The number of rotatable bonds is 9. The van der Waals surface area contributed by atoms with E-state index in [2.05, 4.69) is 0 Å². The summed E-state index contributed by atoms with van der Waals surface area (Å²) in [6.07, 6.45) is -5.53. The maximum atomic E-state index is 13.6. The molecule has 2 fully saturated rings. The Balaban J connectivity index is 2.05. The molecule has 0 aliphatic carbocycles. The second kappa shape index (κ2) is 20.0. The van der Waals surface area contributed by atoms with Crippen LogP contribution in [0.2, 0.25) is 0 Å². The zero-order chi connectivity index (χ0) is 39.8. The molecule has 0 amide bonds. The number of allylic oxidation sites excluding steroid dienone is 2. The number of ketones is 1. The molecule has 0 aromatic heterocycles. The Morgan fingerprint density at radius 2 is 1.68 bits per heavy atom. The monoisotopic (exact) mass is 757 g/mol. The molecule has 304 valence electrons. The first kappa shape index (κ1) is 45.1. The fourth-order valence-corrected chi connectivity index (χ4v) is 7.29. The number of hydrogen-bond acceptors (Lipinski definition) is 15. The molecule has 3 aliphatic rings. The molecule has 0 spiro atoms. The lowest BCUT2D eigenvalue weighted by atomic mass is 9.82. The average molecular weight is 758 g/mol. The van der Waals surface area contributed by atoms with Crippen molar-refractivity contribution in [2.75, 3.05) is 21.2 Å². The number of esters is 2. The number of aliphatic hydroxyl groups excluding tert-OH is 3. The predicted molar refractivity (Wildman–Crippen MR) is 191 cm³/mol. The summed E-state index contributed by atoms with van der Waals surface area (Å²) in [6.45, 7) is 11.3. The normalized spacial score (nSPS) is 43.5. The first-order chi connectivity index (χ1) is 24.8. The average Bonchev–Trinajstić information content (AvgIpc) is 3.06. The van der Waals surface area contributed by atoms with Crippen molar-refractivity contribution in [1.29, 1.82) is 0 Å². The number of methoxy groups -OCH3 is 1. The Morgan fingerprint density at radius 1 is 1.00 bits per heavy atom. The van der Waals surface area contributed by atoms with Gasteiger partial charge in [0.2, 0.25) is 0 Å². The molecule has 15 nitrogen and oxygen atoms in total. The van der Waals surface area contributed by atoms with E-state index in [1.165, 1.54) is 21.0 Å². The van der Waals surface area contributed by atoms with E-state index >= 15 is 0 Å². The molecule has 0 radical (unpaired) electrons. The molecule has 3 heterocycles. The fourth-order valence-electron chi connectivity index (χ4n) is 7.29. The first-order valence-electron chi connectivity index (χ1n) is 18.6. The lowest BCUT2D eigenvalue weighted by Gasteiger charge is -2.50. The van der Waals surface area contributed by atoms with Crippen LogP contribution in [0.25, 0.3) is 0 Å². The number of aliphatic hydroxyl groups is 4. The van der Waals surface area contributed by atoms with Gasteiger partial charge in [0, 0.05) is 32.3 Å². The Hall–Kier alpha value is -2.31. The predicted octanol–water partition coefficient (Wildman–Crippen LogP) is 1.81. The molecule has 0 unspecified atom stereocenters. The summed E-state index contributed by atoms with van der Waals surface area (Å²) in [5.74, 6) is -3.08.